The van der Waals surface area contributed by atoms with E-state index in [-0.39, 0.29) is 24.2 Å². The lowest BCUT2D eigenvalue weighted by atomic mass is 9.94. The summed E-state index contributed by atoms with van der Waals surface area (Å²) >= 11 is 0. The van der Waals surface area contributed by atoms with E-state index in [9.17, 15) is 9.59 Å². The van der Waals surface area contributed by atoms with E-state index < -0.39 is 5.97 Å². The van der Waals surface area contributed by atoms with Gasteiger partial charge >= 0.3 is 5.97 Å². The third kappa shape index (κ3) is 4.23. The zero-order valence-electron chi connectivity index (χ0n) is 14.1. The van der Waals surface area contributed by atoms with Gasteiger partial charge in [-0.1, -0.05) is 0 Å². The molecule has 25 heavy (non-hydrogen) atoms. The molecule has 2 aromatic rings. The summed E-state index contributed by atoms with van der Waals surface area (Å²) in [7, 11) is 0. The highest BCUT2D eigenvalue weighted by atomic mass is 16.4. The van der Waals surface area contributed by atoms with Gasteiger partial charge in [-0.05, 0) is 38.2 Å². The normalized spacial score (nSPS) is 14.8. The molecule has 0 radical (unpaired) electrons. The zero-order valence-corrected chi connectivity index (χ0v) is 14.1. The number of carboxylic acid groups (broad SMARTS) is 1. The molecule has 0 aliphatic heterocycles. The van der Waals surface area contributed by atoms with Crippen LogP contribution in [0.15, 0.2) is 0 Å². The van der Waals surface area contributed by atoms with E-state index in [4.69, 9.17) is 5.11 Å². The molecule has 1 aliphatic rings. The van der Waals surface area contributed by atoms with Crippen LogP contribution in [0, 0.1) is 0 Å². The van der Waals surface area contributed by atoms with Gasteiger partial charge in [-0.2, -0.15) is 10.2 Å². The second-order valence-corrected chi connectivity index (χ2v) is 6.33. The highest BCUT2D eigenvalue weighted by molar-refractivity contribution is 5.76. The highest BCUT2D eigenvalue weighted by Gasteiger charge is 2.19. The van der Waals surface area contributed by atoms with Gasteiger partial charge in [0, 0.05) is 18.5 Å². The van der Waals surface area contributed by atoms with E-state index in [2.05, 4.69) is 30.7 Å². The predicted octanol–water partition coefficient (Wildman–Crippen LogP) is 0.844. The lowest BCUT2D eigenvalue weighted by molar-refractivity contribution is -0.136. The fourth-order valence-electron chi connectivity index (χ4n) is 3.09. The third-order valence-corrected chi connectivity index (χ3v) is 4.36. The van der Waals surface area contributed by atoms with Crippen molar-refractivity contribution in [3.63, 3.8) is 0 Å². The maximum atomic E-state index is 12.2. The number of aryl methyl sites for hydroxylation is 2. The van der Waals surface area contributed by atoms with Crippen LogP contribution in [-0.2, 0) is 35.3 Å². The van der Waals surface area contributed by atoms with Crippen LogP contribution in [0.3, 0.4) is 0 Å². The summed E-state index contributed by atoms with van der Waals surface area (Å²) in [6.45, 7) is 1.77. The Morgan fingerprint density at radius 1 is 1.24 bits per heavy atom. The molecule has 9 nitrogen and oxygen atoms in total. The van der Waals surface area contributed by atoms with Crippen molar-refractivity contribution < 1.29 is 14.7 Å². The molecule has 1 amide bonds. The number of fused-ring (bicyclic) bond motifs is 1. The maximum absolute atomic E-state index is 12.2. The number of aromatic amines is 2. The van der Waals surface area contributed by atoms with E-state index in [0.717, 1.165) is 18.5 Å². The number of amides is 1. The number of nitrogens with one attached hydrogen (secondary N) is 3. The summed E-state index contributed by atoms with van der Waals surface area (Å²) in [5, 5.41) is 25.5. The van der Waals surface area contributed by atoms with Gasteiger partial charge in [-0.3, -0.25) is 19.8 Å². The molecule has 1 aliphatic carbocycles. The molecule has 0 saturated heterocycles. The Morgan fingerprint density at radius 3 is 2.84 bits per heavy atom. The van der Waals surface area contributed by atoms with Crippen LogP contribution in [-0.4, -0.2) is 42.4 Å². The predicted molar refractivity (Wildman–Crippen MR) is 87.8 cm³/mol. The fourth-order valence-corrected chi connectivity index (χ4v) is 3.09. The standard InChI is InChI=1S/C16H22N6O3/c1-9(16-18-13(21-22-16)8-15(24)25)17-14(23)7-6-12-10-4-2-3-5-11(10)19-20-12/h9H,2-8H2,1H3,(H,17,23)(H,19,20)(H,24,25)(H,18,21,22). The molecule has 0 saturated carbocycles. The van der Waals surface area contributed by atoms with Crippen molar-refractivity contribution in [2.75, 3.05) is 0 Å². The van der Waals surface area contributed by atoms with Gasteiger partial charge in [0.1, 0.15) is 12.2 Å². The number of hydrogen-bond acceptors (Lipinski definition) is 5. The lowest BCUT2D eigenvalue weighted by Gasteiger charge is -2.12. The number of H-pyrrole nitrogens is 2. The van der Waals surface area contributed by atoms with Crippen molar-refractivity contribution in [3.8, 4) is 0 Å². The molecule has 0 aromatic carbocycles. The average molecular weight is 346 g/mol. The second-order valence-electron chi connectivity index (χ2n) is 6.33. The summed E-state index contributed by atoms with van der Waals surface area (Å²) in [6.07, 6.45) is 5.14. The van der Waals surface area contributed by atoms with Gasteiger partial charge in [0.05, 0.1) is 11.7 Å². The van der Waals surface area contributed by atoms with E-state index in [1.807, 2.05) is 0 Å². The zero-order chi connectivity index (χ0) is 17.8. The lowest BCUT2D eigenvalue weighted by Crippen LogP contribution is -2.27. The summed E-state index contributed by atoms with van der Waals surface area (Å²) in [4.78, 5) is 26.9. The van der Waals surface area contributed by atoms with Crippen molar-refractivity contribution >= 4 is 11.9 Å². The van der Waals surface area contributed by atoms with E-state index in [0.29, 0.717) is 18.7 Å². The van der Waals surface area contributed by atoms with Crippen molar-refractivity contribution in [1.82, 2.24) is 30.7 Å². The van der Waals surface area contributed by atoms with Crippen molar-refractivity contribution in [2.45, 2.75) is 57.9 Å². The Labute approximate surface area is 144 Å². The first-order chi connectivity index (χ1) is 12.0. The maximum Gasteiger partial charge on any atom is 0.311 e. The van der Waals surface area contributed by atoms with Crippen LogP contribution < -0.4 is 5.32 Å². The number of carbonyl (C=O) groups is 2. The Bertz CT molecular complexity index is 766. The molecular weight excluding hydrogens is 324 g/mol. The first-order valence-corrected chi connectivity index (χ1v) is 8.50. The van der Waals surface area contributed by atoms with E-state index in [1.54, 1.807) is 6.92 Å². The quantitative estimate of drug-likeness (QED) is 0.586. The minimum Gasteiger partial charge on any atom is -0.481 e. The van der Waals surface area contributed by atoms with Crippen molar-refractivity contribution in [2.24, 2.45) is 0 Å². The Morgan fingerprint density at radius 2 is 2.04 bits per heavy atom. The van der Waals surface area contributed by atoms with Gasteiger partial charge < -0.3 is 10.4 Å². The van der Waals surface area contributed by atoms with Gasteiger partial charge in [0.15, 0.2) is 5.82 Å². The van der Waals surface area contributed by atoms with Crippen LogP contribution in [0.25, 0.3) is 0 Å². The number of carbonyl (C=O) groups excluding carboxylic acids is 1. The van der Waals surface area contributed by atoms with Crippen LogP contribution in [0.1, 0.15) is 60.8 Å². The van der Waals surface area contributed by atoms with E-state index >= 15 is 0 Å². The summed E-state index contributed by atoms with van der Waals surface area (Å²) < 4.78 is 0. The molecular formula is C16H22N6O3. The van der Waals surface area contributed by atoms with Crippen LogP contribution in [0.5, 0.6) is 0 Å². The summed E-state index contributed by atoms with van der Waals surface area (Å²) in [5.74, 6) is -0.445. The van der Waals surface area contributed by atoms with Gasteiger partial charge in [-0.25, -0.2) is 4.98 Å². The number of nitrogens with zero attached hydrogens (tertiary/aromatic N) is 3. The molecule has 2 aromatic heterocycles. The molecule has 9 heteroatoms. The fraction of sp³-hybridized carbons (Fsp3) is 0.562. The second kappa shape index (κ2) is 7.45. The average Bonchev–Trinajstić information content (AvgIpc) is 3.19. The number of hydrogen-bond donors (Lipinski definition) is 4. The minimum atomic E-state index is -0.985. The van der Waals surface area contributed by atoms with Gasteiger partial charge in [0.2, 0.25) is 5.91 Å². The molecule has 1 atom stereocenters. The molecule has 1 unspecified atom stereocenters. The number of aromatic nitrogens is 5. The van der Waals surface area contributed by atoms with Gasteiger partial charge in [-0.15, -0.1) is 0 Å². The molecule has 4 N–H and O–H groups in total. The first kappa shape index (κ1) is 17.1. The summed E-state index contributed by atoms with van der Waals surface area (Å²) in [6, 6.07) is -0.389. The van der Waals surface area contributed by atoms with Crippen LogP contribution >= 0.6 is 0 Å². The smallest absolute Gasteiger partial charge is 0.311 e. The number of aliphatic carboxylic acids is 1. The number of rotatable bonds is 7. The topological polar surface area (TPSA) is 137 Å². The minimum absolute atomic E-state index is 0.107. The molecule has 0 fully saturated rings. The van der Waals surface area contributed by atoms with Crippen molar-refractivity contribution in [3.05, 3.63) is 28.6 Å². The third-order valence-electron chi connectivity index (χ3n) is 4.36. The summed E-state index contributed by atoms with van der Waals surface area (Å²) in [5.41, 5.74) is 3.47. The Hall–Kier alpha value is -2.71. The number of carboxylic acids is 1. The largest absolute Gasteiger partial charge is 0.481 e. The first-order valence-electron chi connectivity index (χ1n) is 8.50. The molecule has 3 rings (SSSR count). The molecule has 0 spiro atoms. The highest BCUT2D eigenvalue weighted by Crippen LogP contribution is 2.22. The molecule has 2 heterocycles. The van der Waals surface area contributed by atoms with E-state index in [1.165, 1.54) is 24.1 Å². The van der Waals surface area contributed by atoms with Crippen LogP contribution in [0.2, 0.25) is 0 Å². The molecule has 0 bridgehead atoms. The van der Waals surface area contributed by atoms with Crippen LogP contribution in [0.4, 0.5) is 0 Å². The van der Waals surface area contributed by atoms with Gasteiger partial charge in [0.25, 0.3) is 0 Å². The van der Waals surface area contributed by atoms with Crippen molar-refractivity contribution in [1.29, 1.82) is 0 Å². The SMILES string of the molecule is CC(NC(=O)CCc1n[nH]c2c1CCCC2)c1n[nH]c(CC(=O)O)n1. The Kier molecular flexibility index (Phi) is 5.11. The monoisotopic (exact) mass is 346 g/mol. The molecule has 134 valence electrons. The Balaban J connectivity index is 1.51.